The van der Waals surface area contributed by atoms with E-state index in [0.717, 1.165) is 35.6 Å². The van der Waals surface area contributed by atoms with Gasteiger partial charge < -0.3 is 5.32 Å². The summed E-state index contributed by atoms with van der Waals surface area (Å²) in [6, 6.07) is 9.09. The highest BCUT2D eigenvalue weighted by molar-refractivity contribution is 9.10. The minimum Gasteiger partial charge on any atom is -0.310 e. The largest absolute Gasteiger partial charge is 0.310 e. The van der Waals surface area contributed by atoms with E-state index in [2.05, 4.69) is 64.0 Å². The second-order valence-corrected chi connectivity index (χ2v) is 6.54. The number of hydrogen-bond donors (Lipinski definition) is 1. The Bertz CT molecular complexity index is 629. The quantitative estimate of drug-likeness (QED) is 0.855. The third-order valence-electron chi connectivity index (χ3n) is 4.04. The summed E-state index contributed by atoms with van der Waals surface area (Å²) in [7, 11) is 0. The van der Waals surface area contributed by atoms with Gasteiger partial charge in [-0.15, -0.1) is 0 Å². The molecule has 0 saturated heterocycles. The Hall–Kier alpha value is -1.13. The van der Waals surface area contributed by atoms with Crippen LogP contribution in [0.25, 0.3) is 5.69 Å². The molecule has 1 aromatic heterocycles. The first-order valence-electron chi connectivity index (χ1n) is 7.81. The number of benzene rings is 1. The van der Waals surface area contributed by atoms with Gasteiger partial charge in [-0.25, -0.2) is 4.68 Å². The van der Waals surface area contributed by atoms with Crippen molar-refractivity contribution >= 4 is 15.9 Å². The molecule has 4 heteroatoms. The minimum absolute atomic E-state index is 0.730. The molecule has 3 nitrogen and oxygen atoms in total. The SMILES string of the molecule is CCc1nn(-c2cccc(Br)c2)c(CC)c1CNC1CC1. The molecule has 0 bridgehead atoms. The first-order valence-corrected chi connectivity index (χ1v) is 8.61. The summed E-state index contributed by atoms with van der Waals surface area (Å²) in [4.78, 5) is 0. The Labute approximate surface area is 134 Å². The Morgan fingerprint density at radius 3 is 2.71 bits per heavy atom. The van der Waals surface area contributed by atoms with E-state index in [4.69, 9.17) is 5.10 Å². The molecule has 1 fully saturated rings. The second kappa shape index (κ2) is 6.32. The van der Waals surface area contributed by atoms with Crippen molar-refractivity contribution in [3.8, 4) is 5.69 Å². The van der Waals surface area contributed by atoms with Gasteiger partial charge in [-0.3, -0.25) is 0 Å². The van der Waals surface area contributed by atoms with E-state index in [1.54, 1.807) is 0 Å². The maximum atomic E-state index is 4.87. The highest BCUT2D eigenvalue weighted by atomic mass is 79.9. The van der Waals surface area contributed by atoms with Gasteiger partial charge in [0.1, 0.15) is 0 Å². The zero-order valence-corrected chi connectivity index (χ0v) is 14.3. The van der Waals surface area contributed by atoms with Gasteiger partial charge in [0.25, 0.3) is 0 Å². The molecule has 0 unspecified atom stereocenters. The highest BCUT2D eigenvalue weighted by Gasteiger charge is 2.23. The Balaban J connectivity index is 1.99. The lowest BCUT2D eigenvalue weighted by Gasteiger charge is -2.09. The molecular weight excluding hydrogens is 326 g/mol. The monoisotopic (exact) mass is 347 g/mol. The average molecular weight is 348 g/mol. The summed E-state index contributed by atoms with van der Waals surface area (Å²) in [6.07, 6.45) is 4.63. The van der Waals surface area contributed by atoms with Crippen LogP contribution in [0.15, 0.2) is 28.7 Å². The van der Waals surface area contributed by atoms with Crippen LogP contribution in [0.2, 0.25) is 0 Å². The van der Waals surface area contributed by atoms with Gasteiger partial charge in [0, 0.05) is 28.3 Å². The van der Waals surface area contributed by atoms with Crippen molar-refractivity contribution in [2.24, 2.45) is 0 Å². The maximum absolute atomic E-state index is 4.87. The number of nitrogens with zero attached hydrogens (tertiary/aromatic N) is 2. The van der Waals surface area contributed by atoms with E-state index in [1.807, 2.05) is 0 Å². The van der Waals surface area contributed by atoms with Crippen molar-refractivity contribution in [2.75, 3.05) is 0 Å². The number of aromatic nitrogens is 2. The van der Waals surface area contributed by atoms with Crippen LogP contribution in [0, 0.1) is 0 Å². The molecule has 1 aliphatic carbocycles. The molecule has 0 spiro atoms. The molecule has 112 valence electrons. The van der Waals surface area contributed by atoms with E-state index in [0.29, 0.717) is 0 Å². The van der Waals surface area contributed by atoms with Crippen LogP contribution in [0.5, 0.6) is 0 Å². The third-order valence-corrected chi connectivity index (χ3v) is 4.53. The normalized spacial score (nSPS) is 14.6. The summed E-state index contributed by atoms with van der Waals surface area (Å²) < 4.78 is 3.21. The third kappa shape index (κ3) is 3.22. The lowest BCUT2D eigenvalue weighted by Crippen LogP contribution is -2.17. The molecule has 0 aliphatic heterocycles. The van der Waals surface area contributed by atoms with Crippen LogP contribution in [0.4, 0.5) is 0 Å². The predicted molar refractivity (Wildman–Crippen MR) is 89.9 cm³/mol. The standard InChI is InChI=1S/C17H22BrN3/c1-3-16-15(11-19-13-8-9-13)17(4-2)21(20-16)14-7-5-6-12(18)10-14/h5-7,10,13,19H,3-4,8-9,11H2,1-2H3. The minimum atomic E-state index is 0.730. The fourth-order valence-electron chi connectivity index (χ4n) is 2.74. The molecule has 21 heavy (non-hydrogen) atoms. The van der Waals surface area contributed by atoms with Crippen molar-refractivity contribution in [1.29, 1.82) is 0 Å². The lowest BCUT2D eigenvalue weighted by atomic mass is 10.1. The summed E-state index contributed by atoms with van der Waals surface area (Å²) in [5.74, 6) is 0. The van der Waals surface area contributed by atoms with E-state index >= 15 is 0 Å². The van der Waals surface area contributed by atoms with Crippen molar-refractivity contribution in [3.63, 3.8) is 0 Å². The molecule has 3 rings (SSSR count). The van der Waals surface area contributed by atoms with Gasteiger partial charge >= 0.3 is 0 Å². The summed E-state index contributed by atoms with van der Waals surface area (Å²) in [5, 5.41) is 8.50. The van der Waals surface area contributed by atoms with E-state index in [1.165, 1.54) is 29.8 Å². The smallest absolute Gasteiger partial charge is 0.0674 e. The summed E-state index contributed by atoms with van der Waals surface area (Å²) in [6.45, 7) is 5.35. The molecule has 1 N–H and O–H groups in total. The molecule has 1 saturated carbocycles. The van der Waals surface area contributed by atoms with Crippen LogP contribution < -0.4 is 5.32 Å². The van der Waals surface area contributed by atoms with Crippen LogP contribution in [-0.4, -0.2) is 15.8 Å². The zero-order chi connectivity index (χ0) is 14.8. The molecule has 2 aromatic rings. The number of nitrogens with one attached hydrogen (secondary N) is 1. The first kappa shape index (κ1) is 14.8. The van der Waals surface area contributed by atoms with Crippen LogP contribution in [-0.2, 0) is 19.4 Å². The molecule has 1 aliphatic rings. The lowest BCUT2D eigenvalue weighted by molar-refractivity contribution is 0.677. The Morgan fingerprint density at radius 2 is 2.10 bits per heavy atom. The van der Waals surface area contributed by atoms with Gasteiger partial charge in [-0.1, -0.05) is 35.8 Å². The van der Waals surface area contributed by atoms with Crippen LogP contribution in [0.1, 0.15) is 43.6 Å². The fraction of sp³-hybridized carbons (Fsp3) is 0.471. The van der Waals surface area contributed by atoms with Gasteiger partial charge in [0.2, 0.25) is 0 Å². The van der Waals surface area contributed by atoms with E-state index in [9.17, 15) is 0 Å². The zero-order valence-electron chi connectivity index (χ0n) is 12.7. The van der Waals surface area contributed by atoms with E-state index < -0.39 is 0 Å². The van der Waals surface area contributed by atoms with Crippen molar-refractivity contribution in [3.05, 3.63) is 45.7 Å². The predicted octanol–water partition coefficient (Wildman–Crippen LogP) is 4.01. The number of halogens is 1. The highest BCUT2D eigenvalue weighted by Crippen LogP contribution is 2.24. The molecule has 0 atom stereocenters. The second-order valence-electron chi connectivity index (χ2n) is 5.63. The van der Waals surface area contributed by atoms with Crippen molar-refractivity contribution in [2.45, 2.75) is 52.1 Å². The Morgan fingerprint density at radius 1 is 1.29 bits per heavy atom. The topological polar surface area (TPSA) is 29.9 Å². The van der Waals surface area contributed by atoms with Crippen molar-refractivity contribution in [1.82, 2.24) is 15.1 Å². The summed E-state index contributed by atoms with van der Waals surface area (Å²) >= 11 is 3.55. The number of aryl methyl sites for hydroxylation is 1. The van der Waals surface area contributed by atoms with Crippen molar-refractivity contribution < 1.29 is 0 Å². The van der Waals surface area contributed by atoms with E-state index in [-0.39, 0.29) is 0 Å². The summed E-state index contributed by atoms with van der Waals surface area (Å²) in [5.41, 5.74) is 5.08. The van der Waals surface area contributed by atoms with Gasteiger partial charge in [-0.05, 0) is 43.9 Å². The van der Waals surface area contributed by atoms with Gasteiger partial charge in [0.15, 0.2) is 0 Å². The van der Waals surface area contributed by atoms with Crippen LogP contribution >= 0.6 is 15.9 Å². The van der Waals surface area contributed by atoms with Gasteiger partial charge in [0.05, 0.1) is 11.4 Å². The Kier molecular flexibility index (Phi) is 4.45. The number of rotatable bonds is 6. The van der Waals surface area contributed by atoms with Gasteiger partial charge in [-0.2, -0.15) is 5.10 Å². The molecule has 1 heterocycles. The first-order chi connectivity index (χ1) is 10.2. The molecule has 0 radical (unpaired) electrons. The van der Waals surface area contributed by atoms with Crippen LogP contribution in [0.3, 0.4) is 0 Å². The number of hydrogen-bond acceptors (Lipinski definition) is 2. The average Bonchev–Trinajstić information content (AvgIpc) is 3.24. The maximum Gasteiger partial charge on any atom is 0.0674 e. The molecule has 1 aromatic carbocycles. The fourth-order valence-corrected chi connectivity index (χ4v) is 3.13. The molecular formula is C17H22BrN3. The molecule has 0 amide bonds.